The average Bonchev–Trinajstić information content (AvgIpc) is 2.78. The predicted octanol–water partition coefficient (Wildman–Crippen LogP) is 2.47. The minimum atomic E-state index is -0.855. The minimum Gasteiger partial charge on any atom is -0.477 e. The molecule has 0 saturated carbocycles. The second-order valence-electron chi connectivity index (χ2n) is 4.07. The molecule has 0 aliphatic rings. The Morgan fingerprint density at radius 1 is 1.39 bits per heavy atom. The molecule has 0 aliphatic carbocycles. The smallest absolute Gasteiger partial charge is 0.346 e. The monoisotopic (exact) mass is 262 g/mol. The van der Waals surface area contributed by atoms with Gasteiger partial charge in [-0.05, 0) is 36.2 Å². The number of pyridine rings is 1. The molecule has 0 amide bonds. The molecule has 94 valence electrons. The van der Waals surface area contributed by atoms with Gasteiger partial charge in [0.2, 0.25) is 0 Å². The van der Waals surface area contributed by atoms with Crippen LogP contribution < -0.4 is 0 Å². The Hall–Kier alpha value is -1.72. The summed E-state index contributed by atoms with van der Waals surface area (Å²) in [5.74, 6) is -0.855. The number of carboxylic acid groups (broad SMARTS) is 1. The van der Waals surface area contributed by atoms with E-state index in [1.165, 1.54) is 11.3 Å². The third-order valence-electron chi connectivity index (χ3n) is 2.54. The topological polar surface area (TPSA) is 53.4 Å². The molecule has 2 rings (SSSR count). The molecule has 2 heterocycles. The Bertz CT molecular complexity index is 525. The number of hydrogen-bond acceptors (Lipinski definition) is 4. The molecule has 2 aromatic rings. The highest BCUT2D eigenvalue weighted by molar-refractivity contribution is 7.12. The van der Waals surface area contributed by atoms with Crippen LogP contribution in [0.2, 0.25) is 0 Å². The third kappa shape index (κ3) is 3.15. The molecule has 0 aromatic carbocycles. The van der Waals surface area contributed by atoms with E-state index in [9.17, 15) is 4.79 Å². The Morgan fingerprint density at radius 3 is 2.89 bits per heavy atom. The fourth-order valence-electron chi connectivity index (χ4n) is 1.76. The first-order chi connectivity index (χ1) is 8.66. The van der Waals surface area contributed by atoms with Crippen LogP contribution in [0.25, 0.3) is 0 Å². The Kier molecular flexibility index (Phi) is 4.07. The van der Waals surface area contributed by atoms with Crippen molar-refractivity contribution in [2.45, 2.75) is 13.1 Å². The number of hydrogen-bond donors (Lipinski definition) is 1. The van der Waals surface area contributed by atoms with Gasteiger partial charge in [-0.3, -0.25) is 9.88 Å². The lowest BCUT2D eigenvalue weighted by Crippen LogP contribution is -2.18. The summed E-state index contributed by atoms with van der Waals surface area (Å²) in [7, 11) is 1.96. The summed E-state index contributed by atoms with van der Waals surface area (Å²) < 4.78 is 0. The summed E-state index contributed by atoms with van der Waals surface area (Å²) in [6, 6.07) is 7.65. The summed E-state index contributed by atoms with van der Waals surface area (Å²) >= 11 is 1.26. The normalized spacial score (nSPS) is 10.8. The molecule has 0 spiro atoms. The summed E-state index contributed by atoms with van der Waals surface area (Å²) in [6.07, 6.45) is 1.76. The number of aromatic nitrogens is 1. The van der Waals surface area contributed by atoms with Crippen molar-refractivity contribution in [1.82, 2.24) is 9.88 Å². The van der Waals surface area contributed by atoms with Crippen molar-refractivity contribution in [3.8, 4) is 0 Å². The molecule has 0 radical (unpaired) electrons. The van der Waals surface area contributed by atoms with E-state index in [1.54, 1.807) is 6.20 Å². The molecule has 0 fully saturated rings. The van der Waals surface area contributed by atoms with Crippen LogP contribution in [0.3, 0.4) is 0 Å². The molecule has 0 saturated heterocycles. The maximum Gasteiger partial charge on any atom is 0.346 e. The number of carboxylic acids is 1. The van der Waals surface area contributed by atoms with Gasteiger partial charge in [-0.25, -0.2) is 4.79 Å². The van der Waals surface area contributed by atoms with Gasteiger partial charge in [0.1, 0.15) is 4.88 Å². The van der Waals surface area contributed by atoms with E-state index in [0.29, 0.717) is 18.0 Å². The lowest BCUT2D eigenvalue weighted by Gasteiger charge is -2.15. The van der Waals surface area contributed by atoms with Crippen molar-refractivity contribution in [2.24, 2.45) is 0 Å². The van der Waals surface area contributed by atoms with E-state index in [4.69, 9.17) is 5.11 Å². The van der Waals surface area contributed by atoms with Crippen LogP contribution in [-0.2, 0) is 13.1 Å². The van der Waals surface area contributed by atoms with Gasteiger partial charge in [-0.2, -0.15) is 0 Å². The van der Waals surface area contributed by atoms with Crippen molar-refractivity contribution < 1.29 is 9.90 Å². The Balaban J connectivity index is 2.01. The number of rotatable bonds is 5. The molecule has 5 heteroatoms. The SMILES string of the molecule is CN(Cc1ccccn1)Cc1ccsc1C(=O)O. The number of aromatic carboxylic acids is 1. The van der Waals surface area contributed by atoms with E-state index < -0.39 is 5.97 Å². The maximum absolute atomic E-state index is 11.0. The number of nitrogens with zero attached hydrogens (tertiary/aromatic N) is 2. The Morgan fingerprint density at radius 2 is 2.22 bits per heavy atom. The quantitative estimate of drug-likeness (QED) is 0.899. The van der Waals surface area contributed by atoms with Crippen molar-refractivity contribution in [3.05, 3.63) is 52.0 Å². The van der Waals surface area contributed by atoms with E-state index in [2.05, 4.69) is 9.88 Å². The molecular formula is C13H14N2O2S. The summed E-state index contributed by atoms with van der Waals surface area (Å²) in [5.41, 5.74) is 1.83. The highest BCUT2D eigenvalue weighted by Gasteiger charge is 2.13. The molecule has 4 nitrogen and oxygen atoms in total. The van der Waals surface area contributed by atoms with Gasteiger partial charge < -0.3 is 5.11 Å². The second kappa shape index (κ2) is 5.75. The van der Waals surface area contributed by atoms with Gasteiger partial charge in [-0.1, -0.05) is 6.07 Å². The summed E-state index contributed by atoms with van der Waals surface area (Å²) in [4.78, 5) is 17.7. The van der Waals surface area contributed by atoms with Gasteiger partial charge in [0, 0.05) is 19.3 Å². The highest BCUT2D eigenvalue weighted by atomic mass is 32.1. The molecule has 2 aromatic heterocycles. The second-order valence-corrected chi connectivity index (χ2v) is 4.99. The van der Waals surface area contributed by atoms with Crippen molar-refractivity contribution in [1.29, 1.82) is 0 Å². The fourth-order valence-corrected chi connectivity index (χ4v) is 2.52. The van der Waals surface area contributed by atoms with Crippen LogP contribution in [0.4, 0.5) is 0 Å². The lowest BCUT2D eigenvalue weighted by atomic mass is 10.2. The Labute approximate surface area is 110 Å². The standard InChI is InChI=1S/C13H14N2O2S/c1-15(9-11-4-2-3-6-14-11)8-10-5-7-18-12(10)13(16)17/h2-7H,8-9H2,1H3,(H,16,17). The van der Waals surface area contributed by atoms with Gasteiger partial charge >= 0.3 is 5.97 Å². The van der Waals surface area contributed by atoms with Crippen LogP contribution in [0.5, 0.6) is 0 Å². The average molecular weight is 262 g/mol. The predicted molar refractivity (Wildman–Crippen MR) is 70.7 cm³/mol. The van der Waals surface area contributed by atoms with Crippen molar-refractivity contribution in [3.63, 3.8) is 0 Å². The summed E-state index contributed by atoms with van der Waals surface area (Å²) in [5, 5.41) is 10.8. The zero-order chi connectivity index (χ0) is 13.0. The van der Waals surface area contributed by atoms with Crippen LogP contribution in [0.15, 0.2) is 35.8 Å². The van der Waals surface area contributed by atoms with E-state index in [1.807, 2.05) is 36.7 Å². The fraction of sp³-hybridized carbons (Fsp3) is 0.231. The van der Waals surface area contributed by atoms with Crippen molar-refractivity contribution in [2.75, 3.05) is 7.05 Å². The first-order valence-corrected chi connectivity index (χ1v) is 6.43. The zero-order valence-electron chi connectivity index (χ0n) is 10.0. The van der Waals surface area contributed by atoms with Crippen LogP contribution in [-0.4, -0.2) is 28.0 Å². The van der Waals surface area contributed by atoms with Crippen LogP contribution in [0.1, 0.15) is 20.9 Å². The van der Waals surface area contributed by atoms with E-state index in [0.717, 1.165) is 11.3 Å². The largest absolute Gasteiger partial charge is 0.477 e. The van der Waals surface area contributed by atoms with Gasteiger partial charge in [-0.15, -0.1) is 11.3 Å². The molecular weight excluding hydrogens is 248 g/mol. The lowest BCUT2D eigenvalue weighted by molar-refractivity contribution is 0.0700. The van der Waals surface area contributed by atoms with E-state index in [-0.39, 0.29) is 0 Å². The molecule has 0 atom stereocenters. The van der Waals surface area contributed by atoms with Crippen LogP contribution in [0, 0.1) is 0 Å². The first kappa shape index (κ1) is 12.7. The van der Waals surface area contributed by atoms with Crippen LogP contribution >= 0.6 is 11.3 Å². The molecule has 0 aliphatic heterocycles. The molecule has 1 N–H and O–H groups in total. The molecule has 0 unspecified atom stereocenters. The van der Waals surface area contributed by atoms with Gasteiger partial charge in [0.25, 0.3) is 0 Å². The highest BCUT2D eigenvalue weighted by Crippen LogP contribution is 2.18. The minimum absolute atomic E-state index is 0.419. The van der Waals surface area contributed by atoms with Crippen molar-refractivity contribution >= 4 is 17.3 Å². The van der Waals surface area contributed by atoms with Gasteiger partial charge in [0.05, 0.1) is 5.69 Å². The summed E-state index contributed by atoms with van der Waals surface area (Å²) in [6.45, 7) is 1.32. The number of thiophene rings is 1. The third-order valence-corrected chi connectivity index (χ3v) is 3.48. The zero-order valence-corrected chi connectivity index (χ0v) is 10.9. The van der Waals surface area contributed by atoms with Gasteiger partial charge in [0.15, 0.2) is 0 Å². The molecule has 0 bridgehead atoms. The number of carbonyl (C=O) groups is 1. The first-order valence-electron chi connectivity index (χ1n) is 5.55. The van der Waals surface area contributed by atoms with E-state index >= 15 is 0 Å². The molecule has 18 heavy (non-hydrogen) atoms. The maximum atomic E-state index is 11.0.